The molecule has 1 aliphatic rings. The first-order valence-corrected chi connectivity index (χ1v) is 8.32. The van der Waals surface area contributed by atoms with Crippen molar-refractivity contribution in [1.82, 2.24) is 4.57 Å². The van der Waals surface area contributed by atoms with Gasteiger partial charge in [-0.2, -0.15) is 5.26 Å². The van der Waals surface area contributed by atoms with Crippen LogP contribution in [0.4, 0.5) is 0 Å². The minimum Gasteiger partial charge on any atom is -0.464 e. The van der Waals surface area contributed by atoms with E-state index in [4.69, 9.17) is 21.4 Å². The third kappa shape index (κ3) is 2.97. The summed E-state index contributed by atoms with van der Waals surface area (Å²) in [4.78, 5) is 0. The Balaban J connectivity index is 2.14. The number of rotatable bonds is 3. The van der Waals surface area contributed by atoms with Crippen LogP contribution in [0.1, 0.15) is 17.5 Å². The van der Waals surface area contributed by atoms with E-state index in [0.29, 0.717) is 17.0 Å². The van der Waals surface area contributed by atoms with Crippen LogP contribution in [-0.2, 0) is 4.74 Å². The topological polar surface area (TPSA) is 132 Å². The van der Waals surface area contributed by atoms with Crippen LogP contribution in [0, 0.1) is 22.9 Å². The van der Waals surface area contributed by atoms with Crippen LogP contribution >= 0.6 is 12.2 Å². The molecule has 2 aromatic heterocycles. The van der Waals surface area contributed by atoms with E-state index in [0.717, 1.165) is 0 Å². The fourth-order valence-electron chi connectivity index (χ4n) is 3.09. The molecule has 1 saturated heterocycles. The Hall–Kier alpha value is -2.06. The van der Waals surface area contributed by atoms with Gasteiger partial charge in [0.2, 0.25) is 0 Å². The number of nitriles is 1. The van der Waals surface area contributed by atoms with Gasteiger partial charge in [-0.25, -0.2) is 0 Å². The lowest BCUT2D eigenvalue weighted by Gasteiger charge is -2.41. The first kappa shape index (κ1) is 18.7. The fraction of sp³-hybridized carbons (Fsp3) is 0.412. The Morgan fingerprint density at radius 1 is 1.27 bits per heavy atom. The Kier molecular flexibility index (Phi) is 5.24. The van der Waals surface area contributed by atoms with Gasteiger partial charge in [0.05, 0.1) is 18.4 Å². The number of aliphatic hydroxyl groups excluding tert-OH is 4. The number of pyridine rings is 1. The molecule has 5 atom stereocenters. The maximum absolute atomic E-state index is 10.4. The molecule has 138 valence electrons. The molecular weight excluding hydrogens is 360 g/mol. The Labute approximate surface area is 154 Å². The molecule has 0 aliphatic carbocycles. The molecule has 3 rings (SSSR count). The summed E-state index contributed by atoms with van der Waals surface area (Å²) in [5.74, 6) is 0.469. The van der Waals surface area contributed by atoms with Crippen molar-refractivity contribution in [3.63, 3.8) is 0 Å². The molecule has 0 saturated carbocycles. The van der Waals surface area contributed by atoms with Crippen LogP contribution in [0.3, 0.4) is 0 Å². The highest BCUT2D eigenvalue weighted by molar-refractivity contribution is 7.71. The number of nitrogens with zero attached hydrogens (tertiary/aromatic N) is 2. The number of aliphatic hydroxyl groups is 4. The van der Waals surface area contributed by atoms with Crippen molar-refractivity contribution in [3.8, 4) is 17.4 Å². The molecule has 2 aromatic rings. The van der Waals surface area contributed by atoms with Gasteiger partial charge in [0.1, 0.15) is 40.9 Å². The highest BCUT2D eigenvalue weighted by Gasteiger charge is 2.44. The molecule has 0 amide bonds. The molecule has 1 fully saturated rings. The highest BCUT2D eigenvalue weighted by atomic mass is 32.1. The smallest absolute Gasteiger partial charge is 0.164 e. The van der Waals surface area contributed by atoms with Crippen molar-refractivity contribution in [2.75, 3.05) is 6.61 Å². The van der Waals surface area contributed by atoms with E-state index < -0.39 is 37.3 Å². The molecule has 4 N–H and O–H groups in total. The average molecular weight is 378 g/mol. The van der Waals surface area contributed by atoms with Gasteiger partial charge in [0, 0.05) is 11.3 Å². The summed E-state index contributed by atoms with van der Waals surface area (Å²) in [6, 6.07) is 7.08. The van der Waals surface area contributed by atoms with Gasteiger partial charge in [-0.15, -0.1) is 0 Å². The molecule has 0 unspecified atom stereocenters. The molecule has 0 radical (unpaired) electrons. The van der Waals surface area contributed by atoms with Crippen molar-refractivity contribution in [3.05, 3.63) is 40.4 Å². The van der Waals surface area contributed by atoms with Gasteiger partial charge >= 0.3 is 0 Å². The third-order valence-corrected chi connectivity index (χ3v) is 4.86. The first-order chi connectivity index (χ1) is 12.4. The Morgan fingerprint density at radius 2 is 2.00 bits per heavy atom. The lowest BCUT2D eigenvalue weighted by molar-refractivity contribution is -0.252. The predicted molar refractivity (Wildman–Crippen MR) is 91.4 cm³/mol. The van der Waals surface area contributed by atoms with E-state index in [1.807, 2.05) is 6.07 Å². The standard InChI is InChI=1S/C17H18N2O6S/c1-8-5-9(11-3-2-4-24-11)10(6-18)17(26)19(8)16-15(23)14(22)13(21)12(7-20)25-16/h2-5,12-16,20-23H,7H2,1H3/t12-,13+,14+,15-,16+/m0/s1. The second-order valence-corrected chi connectivity index (χ2v) is 6.44. The van der Waals surface area contributed by atoms with Crippen molar-refractivity contribution in [2.45, 2.75) is 37.6 Å². The maximum Gasteiger partial charge on any atom is 0.164 e. The Bertz CT molecular complexity index is 886. The molecule has 1 aliphatic heterocycles. The zero-order valence-corrected chi connectivity index (χ0v) is 14.6. The van der Waals surface area contributed by atoms with E-state index in [9.17, 15) is 25.7 Å². The summed E-state index contributed by atoms with van der Waals surface area (Å²) in [6.45, 7) is 1.15. The number of furan rings is 1. The van der Waals surface area contributed by atoms with Gasteiger partial charge in [-0.05, 0) is 25.1 Å². The minimum absolute atomic E-state index is 0.0863. The number of ether oxygens (including phenoxy) is 1. The number of aromatic nitrogens is 1. The van der Waals surface area contributed by atoms with Crippen molar-refractivity contribution < 1.29 is 29.6 Å². The molecule has 3 heterocycles. The molecular formula is C17H18N2O6S. The van der Waals surface area contributed by atoms with Crippen LogP contribution in [0.25, 0.3) is 11.3 Å². The number of hydrogen-bond donors (Lipinski definition) is 4. The fourth-order valence-corrected chi connectivity index (χ4v) is 3.50. The minimum atomic E-state index is -1.54. The monoisotopic (exact) mass is 378 g/mol. The lowest BCUT2D eigenvalue weighted by Crippen LogP contribution is -2.56. The van der Waals surface area contributed by atoms with Gasteiger partial charge < -0.3 is 34.1 Å². The average Bonchev–Trinajstić information content (AvgIpc) is 3.15. The molecule has 0 bridgehead atoms. The van der Waals surface area contributed by atoms with Crippen molar-refractivity contribution >= 4 is 12.2 Å². The Morgan fingerprint density at radius 3 is 2.58 bits per heavy atom. The number of aryl methyl sites for hydroxylation is 1. The zero-order valence-electron chi connectivity index (χ0n) is 13.8. The predicted octanol–water partition coefficient (Wildman–Crippen LogP) is 0.630. The summed E-state index contributed by atoms with van der Waals surface area (Å²) in [5.41, 5.74) is 1.20. The van der Waals surface area contributed by atoms with E-state index in [1.54, 1.807) is 25.1 Å². The van der Waals surface area contributed by atoms with E-state index in [-0.39, 0.29) is 10.2 Å². The van der Waals surface area contributed by atoms with Crippen LogP contribution in [-0.4, -0.2) is 56.0 Å². The van der Waals surface area contributed by atoms with E-state index in [2.05, 4.69) is 0 Å². The molecule has 0 spiro atoms. The second kappa shape index (κ2) is 7.28. The van der Waals surface area contributed by atoms with Crippen molar-refractivity contribution in [1.29, 1.82) is 5.26 Å². The highest BCUT2D eigenvalue weighted by Crippen LogP contribution is 2.33. The quantitative estimate of drug-likeness (QED) is 0.572. The third-order valence-electron chi connectivity index (χ3n) is 4.46. The van der Waals surface area contributed by atoms with E-state index in [1.165, 1.54) is 10.8 Å². The summed E-state index contributed by atoms with van der Waals surface area (Å²) in [5, 5.41) is 49.2. The van der Waals surface area contributed by atoms with Gasteiger partial charge in [-0.1, -0.05) is 12.2 Å². The van der Waals surface area contributed by atoms with Crippen molar-refractivity contribution in [2.24, 2.45) is 0 Å². The van der Waals surface area contributed by atoms with Crippen LogP contribution in [0.5, 0.6) is 0 Å². The lowest BCUT2D eigenvalue weighted by atomic mass is 9.97. The SMILES string of the molecule is Cc1cc(-c2ccco2)c(C#N)c(=S)n1[C@@H]1O[C@@H](CO)[C@@H](O)[C@@H](O)[C@@H]1O. The number of hydrogen-bond acceptors (Lipinski definition) is 8. The largest absolute Gasteiger partial charge is 0.464 e. The summed E-state index contributed by atoms with van der Waals surface area (Å²) < 4.78 is 12.4. The molecule has 26 heavy (non-hydrogen) atoms. The second-order valence-electron chi connectivity index (χ2n) is 6.06. The molecule has 8 nitrogen and oxygen atoms in total. The zero-order chi connectivity index (χ0) is 19.0. The van der Waals surface area contributed by atoms with Crippen LogP contribution in [0.15, 0.2) is 28.9 Å². The van der Waals surface area contributed by atoms with Crippen LogP contribution in [0.2, 0.25) is 0 Å². The van der Waals surface area contributed by atoms with E-state index >= 15 is 0 Å². The van der Waals surface area contributed by atoms with Gasteiger partial charge in [0.15, 0.2) is 6.23 Å². The normalized spacial score (nSPS) is 28.7. The van der Waals surface area contributed by atoms with Crippen LogP contribution < -0.4 is 0 Å². The van der Waals surface area contributed by atoms with Gasteiger partial charge in [0.25, 0.3) is 0 Å². The summed E-state index contributed by atoms with van der Waals surface area (Å²) in [6.07, 6.45) is -5.28. The van der Waals surface area contributed by atoms with Gasteiger partial charge in [-0.3, -0.25) is 0 Å². The molecule has 9 heteroatoms. The summed E-state index contributed by atoms with van der Waals surface area (Å²) in [7, 11) is 0. The molecule has 0 aromatic carbocycles. The first-order valence-electron chi connectivity index (χ1n) is 7.91. The maximum atomic E-state index is 10.4. The summed E-state index contributed by atoms with van der Waals surface area (Å²) >= 11 is 5.42.